The molecule has 0 spiro atoms. The van der Waals surface area contributed by atoms with Crippen LogP contribution in [-0.4, -0.2) is 5.16 Å². The number of halogens is 3. The minimum absolute atomic E-state index is 0.258. The summed E-state index contributed by atoms with van der Waals surface area (Å²) >= 11 is 12.0. The topological polar surface area (TPSA) is 52.0 Å². The first kappa shape index (κ1) is 14.9. The van der Waals surface area contributed by atoms with Crippen LogP contribution in [0.15, 0.2) is 51.5 Å². The van der Waals surface area contributed by atoms with Crippen molar-refractivity contribution in [2.45, 2.75) is 0 Å². The van der Waals surface area contributed by atoms with Gasteiger partial charge >= 0.3 is 0 Å². The fourth-order valence-electron chi connectivity index (χ4n) is 2.09. The molecule has 3 rings (SSSR count). The monoisotopic (exact) mass is 474 g/mol. The van der Waals surface area contributed by atoms with Gasteiger partial charge in [-0.3, -0.25) is 0 Å². The van der Waals surface area contributed by atoms with Gasteiger partial charge in [0.1, 0.15) is 5.69 Å². The van der Waals surface area contributed by atoms with Gasteiger partial charge in [0.2, 0.25) is 5.88 Å². The molecule has 0 atom stereocenters. The van der Waals surface area contributed by atoms with Crippen LogP contribution in [0.4, 0.5) is 5.88 Å². The number of anilines is 1. The molecule has 0 aliphatic carbocycles. The number of rotatable bonds is 2. The van der Waals surface area contributed by atoms with Gasteiger partial charge in [0, 0.05) is 24.2 Å². The second-order valence-electron chi connectivity index (χ2n) is 4.37. The van der Waals surface area contributed by atoms with E-state index >= 15 is 0 Å². The fourth-order valence-corrected chi connectivity index (χ4v) is 3.27. The van der Waals surface area contributed by atoms with Crippen LogP contribution in [0.3, 0.4) is 0 Å². The van der Waals surface area contributed by atoms with E-state index in [0.717, 1.165) is 24.7 Å². The lowest BCUT2D eigenvalue weighted by atomic mass is 10.0. The van der Waals surface area contributed by atoms with Gasteiger partial charge in [0.05, 0.1) is 5.56 Å². The standard InChI is InChI=1S/C15H9BrClIN2O/c16-8-5-6-12(18)10(7-8)14-13(15(19)21-20-14)9-3-1-2-4-11(9)17/h1-7H,19H2. The maximum atomic E-state index is 6.28. The summed E-state index contributed by atoms with van der Waals surface area (Å²) in [6.45, 7) is 0. The Morgan fingerprint density at radius 3 is 2.67 bits per heavy atom. The maximum Gasteiger partial charge on any atom is 0.230 e. The van der Waals surface area contributed by atoms with Gasteiger partial charge in [-0.25, -0.2) is 0 Å². The minimum Gasteiger partial charge on any atom is -0.367 e. The Hall–Kier alpha value is -1.05. The van der Waals surface area contributed by atoms with Crippen molar-refractivity contribution in [3.8, 4) is 22.4 Å². The molecule has 2 aromatic carbocycles. The molecule has 0 saturated heterocycles. The summed E-state index contributed by atoms with van der Waals surface area (Å²) in [5.74, 6) is 0.258. The third-order valence-corrected chi connectivity index (χ3v) is 4.81. The van der Waals surface area contributed by atoms with Gasteiger partial charge < -0.3 is 10.3 Å². The Balaban J connectivity index is 2.27. The Bertz CT molecular complexity index is 819. The number of aromatic nitrogens is 1. The number of nitrogens with two attached hydrogens (primary N) is 1. The highest BCUT2D eigenvalue weighted by atomic mass is 127. The molecule has 0 fully saturated rings. The van der Waals surface area contributed by atoms with Crippen LogP contribution in [0, 0.1) is 3.57 Å². The summed E-state index contributed by atoms with van der Waals surface area (Å²) in [4.78, 5) is 0. The number of hydrogen-bond acceptors (Lipinski definition) is 3. The second kappa shape index (κ2) is 5.98. The predicted molar refractivity (Wildman–Crippen MR) is 97.2 cm³/mol. The smallest absolute Gasteiger partial charge is 0.230 e. The molecule has 3 aromatic rings. The van der Waals surface area contributed by atoms with Gasteiger partial charge in [0.25, 0.3) is 0 Å². The molecule has 0 bridgehead atoms. The van der Waals surface area contributed by atoms with Gasteiger partial charge in [-0.2, -0.15) is 0 Å². The molecule has 0 radical (unpaired) electrons. The van der Waals surface area contributed by atoms with E-state index in [2.05, 4.69) is 43.7 Å². The van der Waals surface area contributed by atoms with Crippen molar-refractivity contribution in [3.63, 3.8) is 0 Å². The molecule has 0 saturated carbocycles. The van der Waals surface area contributed by atoms with E-state index in [0.29, 0.717) is 10.7 Å². The highest BCUT2D eigenvalue weighted by Gasteiger charge is 2.21. The first-order valence-electron chi connectivity index (χ1n) is 6.03. The molecule has 3 nitrogen and oxygen atoms in total. The number of nitrogens with zero attached hydrogens (tertiary/aromatic N) is 1. The maximum absolute atomic E-state index is 6.28. The molecule has 106 valence electrons. The zero-order valence-electron chi connectivity index (χ0n) is 10.6. The Kier molecular flexibility index (Phi) is 4.24. The molecule has 1 aromatic heterocycles. The minimum atomic E-state index is 0.258. The molecule has 0 amide bonds. The molecule has 2 N–H and O–H groups in total. The van der Waals surface area contributed by atoms with E-state index in [-0.39, 0.29) is 5.88 Å². The Morgan fingerprint density at radius 2 is 1.90 bits per heavy atom. The lowest BCUT2D eigenvalue weighted by Crippen LogP contribution is -1.90. The van der Waals surface area contributed by atoms with Gasteiger partial charge in [-0.15, -0.1) is 0 Å². The Labute approximate surface area is 148 Å². The summed E-state index contributed by atoms with van der Waals surface area (Å²) < 4.78 is 7.22. The Morgan fingerprint density at radius 1 is 1.14 bits per heavy atom. The zero-order chi connectivity index (χ0) is 15.0. The molecular formula is C15H9BrClIN2O. The van der Waals surface area contributed by atoms with Crippen molar-refractivity contribution in [2.75, 3.05) is 5.73 Å². The molecule has 1 heterocycles. The highest BCUT2D eigenvalue weighted by Crippen LogP contribution is 2.41. The number of benzene rings is 2. The van der Waals surface area contributed by atoms with Crippen molar-refractivity contribution in [1.29, 1.82) is 0 Å². The quantitative estimate of drug-likeness (QED) is 0.490. The van der Waals surface area contributed by atoms with E-state index in [1.54, 1.807) is 0 Å². The van der Waals surface area contributed by atoms with Crippen LogP contribution in [-0.2, 0) is 0 Å². The van der Waals surface area contributed by atoms with Gasteiger partial charge in [-0.05, 0) is 46.9 Å². The van der Waals surface area contributed by atoms with Gasteiger partial charge in [0.15, 0.2) is 0 Å². The summed E-state index contributed by atoms with van der Waals surface area (Å²) in [5.41, 5.74) is 9.12. The van der Waals surface area contributed by atoms with Crippen LogP contribution in [0.25, 0.3) is 22.4 Å². The number of nitrogen functional groups attached to an aromatic ring is 1. The summed E-state index contributed by atoms with van der Waals surface area (Å²) in [7, 11) is 0. The number of hydrogen-bond donors (Lipinski definition) is 1. The normalized spacial score (nSPS) is 10.8. The summed E-state index contributed by atoms with van der Waals surface area (Å²) in [5, 5.41) is 4.73. The third kappa shape index (κ3) is 2.82. The SMILES string of the molecule is Nc1onc(-c2cc(Br)ccc2I)c1-c1ccccc1Cl. The van der Waals surface area contributed by atoms with E-state index in [9.17, 15) is 0 Å². The average Bonchev–Trinajstić information content (AvgIpc) is 2.84. The van der Waals surface area contributed by atoms with E-state index in [1.165, 1.54) is 0 Å². The van der Waals surface area contributed by atoms with Crippen molar-refractivity contribution in [1.82, 2.24) is 5.16 Å². The van der Waals surface area contributed by atoms with Crippen molar-refractivity contribution in [3.05, 3.63) is 55.5 Å². The van der Waals surface area contributed by atoms with Crippen LogP contribution in [0.2, 0.25) is 5.02 Å². The zero-order valence-corrected chi connectivity index (χ0v) is 15.1. The van der Waals surface area contributed by atoms with E-state index in [1.807, 2.05) is 42.5 Å². The van der Waals surface area contributed by atoms with E-state index < -0.39 is 0 Å². The molecule has 21 heavy (non-hydrogen) atoms. The van der Waals surface area contributed by atoms with Gasteiger partial charge in [-0.1, -0.05) is 50.9 Å². The average molecular weight is 476 g/mol. The molecule has 0 unspecified atom stereocenters. The van der Waals surface area contributed by atoms with Crippen molar-refractivity contribution >= 4 is 56.0 Å². The molecule has 0 aliphatic heterocycles. The van der Waals surface area contributed by atoms with Crippen molar-refractivity contribution in [2.24, 2.45) is 0 Å². The highest BCUT2D eigenvalue weighted by molar-refractivity contribution is 14.1. The molecular weight excluding hydrogens is 466 g/mol. The molecule has 6 heteroatoms. The first-order chi connectivity index (χ1) is 10.1. The summed E-state index contributed by atoms with van der Waals surface area (Å²) in [6, 6.07) is 13.5. The largest absolute Gasteiger partial charge is 0.367 e. The van der Waals surface area contributed by atoms with Crippen LogP contribution >= 0.6 is 50.1 Å². The van der Waals surface area contributed by atoms with Crippen LogP contribution in [0.5, 0.6) is 0 Å². The fraction of sp³-hybridized carbons (Fsp3) is 0. The van der Waals surface area contributed by atoms with Crippen LogP contribution in [0.1, 0.15) is 0 Å². The first-order valence-corrected chi connectivity index (χ1v) is 8.28. The van der Waals surface area contributed by atoms with Crippen LogP contribution < -0.4 is 5.73 Å². The second-order valence-corrected chi connectivity index (χ2v) is 6.86. The molecule has 0 aliphatic rings. The third-order valence-electron chi connectivity index (χ3n) is 3.05. The summed E-state index contributed by atoms with van der Waals surface area (Å²) in [6.07, 6.45) is 0. The lowest BCUT2D eigenvalue weighted by molar-refractivity contribution is 0.439. The van der Waals surface area contributed by atoms with Crippen molar-refractivity contribution < 1.29 is 4.52 Å². The predicted octanol–water partition coefficient (Wildman–Crippen LogP) is 5.61. The van der Waals surface area contributed by atoms with E-state index in [4.69, 9.17) is 21.9 Å². The lowest BCUT2D eigenvalue weighted by Gasteiger charge is -2.07.